The number of carbonyl (C=O) groups is 1. The Bertz CT molecular complexity index is 737. The molecule has 3 rings (SSSR count). The molecule has 1 aromatic heterocycles. The standard InChI is InChI=1S/C21H26N4O/c1-2-14-22-21(26)18-15-19(23-17-12-8-3-4-9-13-17)25-20(24-18)16-10-6-5-7-11-16/h2,5-7,10-11,15,17H,1,3-4,8-9,12-14H2,(H,22,26)(H,23,24,25). The molecule has 0 bridgehead atoms. The van der Waals surface area contributed by atoms with E-state index >= 15 is 0 Å². The van der Waals surface area contributed by atoms with E-state index in [9.17, 15) is 4.79 Å². The number of benzene rings is 1. The van der Waals surface area contributed by atoms with Crippen molar-refractivity contribution in [1.29, 1.82) is 0 Å². The van der Waals surface area contributed by atoms with E-state index in [0.717, 1.165) is 24.2 Å². The van der Waals surface area contributed by atoms with E-state index in [1.165, 1.54) is 25.7 Å². The first-order valence-electron chi connectivity index (χ1n) is 9.36. The molecule has 0 saturated heterocycles. The van der Waals surface area contributed by atoms with Crippen LogP contribution < -0.4 is 10.6 Å². The van der Waals surface area contributed by atoms with Crippen LogP contribution in [0.1, 0.15) is 49.0 Å². The van der Waals surface area contributed by atoms with E-state index in [2.05, 4.69) is 27.2 Å². The zero-order chi connectivity index (χ0) is 18.2. The number of anilines is 1. The fraction of sp³-hybridized carbons (Fsp3) is 0.381. The van der Waals surface area contributed by atoms with Crippen LogP contribution in [0.5, 0.6) is 0 Å². The molecule has 2 N–H and O–H groups in total. The number of amides is 1. The van der Waals surface area contributed by atoms with Crippen molar-refractivity contribution in [2.75, 3.05) is 11.9 Å². The first-order chi connectivity index (χ1) is 12.8. The lowest BCUT2D eigenvalue weighted by Crippen LogP contribution is -2.25. The lowest BCUT2D eigenvalue weighted by molar-refractivity contribution is 0.0953. The van der Waals surface area contributed by atoms with Crippen LogP contribution in [0.2, 0.25) is 0 Å². The maximum Gasteiger partial charge on any atom is 0.270 e. The maximum absolute atomic E-state index is 12.4. The summed E-state index contributed by atoms with van der Waals surface area (Å²) in [6, 6.07) is 11.9. The van der Waals surface area contributed by atoms with Gasteiger partial charge in [0.1, 0.15) is 11.5 Å². The molecule has 0 unspecified atom stereocenters. The Hall–Kier alpha value is -2.69. The van der Waals surface area contributed by atoms with Crippen molar-refractivity contribution in [3.05, 3.63) is 54.7 Å². The molecule has 1 aliphatic rings. The molecule has 1 aliphatic carbocycles. The van der Waals surface area contributed by atoms with Gasteiger partial charge in [-0.2, -0.15) is 0 Å². The number of carbonyl (C=O) groups excluding carboxylic acids is 1. The van der Waals surface area contributed by atoms with Gasteiger partial charge >= 0.3 is 0 Å². The van der Waals surface area contributed by atoms with Crippen molar-refractivity contribution < 1.29 is 4.79 Å². The average Bonchev–Trinajstić information content (AvgIpc) is 2.95. The Labute approximate surface area is 155 Å². The quantitative estimate of drug-likeness (QED) is 0.605. The van der Waals surface area contributed by atoms with Crippen molar-refractivity contribution in [2.45, 2.75) is 44.6 Å². The van der Waals surface area contributed by atoms with Crippen molar-refractivity contribution in [3.8, 4) is 11.4 Å². The van der Waals surface area contributed by atoms with E-state index in [0.29, 0.717) is 24.1 Å². The number of hydrogen-bond acceptors (Lipinski definition) is 4. The highest BCUT2D eigenvalue weighted by Gasteiger charge is 2.16. The molecule has 1 fully saturated rings. The minimum atomic E-state index is -0.214. The number of aromatic nitrogens is 2. The van der Waals surface area contributed by atoms with Crippen LogP contribution >= 0.6 is 0 Å². The summed E-state index contributed by atoms with van der Waals surface area (Å²) in [4.78, 5) is 21.5. The minimum absolute atomic E-state index is 0.214. The van der Waals surface area contributed by atoms with Gasteiger partial charge in [0.2, 0.25) is 0 Å². The normalized spacial score (nSPS) is 15.1. The highest BCUT2D eigenvalue weighted by atomic mass is 16.1. The van der Waals surface area contributed by atoms with E-state index in [4.69, 9.17) is 0 Å². The molecule has 1 heterocycles. The summed E-state index contributed by atoms with van der Waals surface area (Å²) < 4.78 is 0. The van der Waals surface area contributed by atoms with Crippen molar-refractivity contribution in [3.63, 3.8) is 0 Å². The molecule has 136 valence electrons. The van der Waals surface area contributed by atoms with Crippen LogP contribution in [-0.2, 0) is 0 Å². The molecule has 5 heteroatoms. The van der Waals surface area contributed by atoms with E-state index in [-0.39, 0.29) is 5.91 Å². The van der Waals surface area contributed by atoms with Gasteiger partial charge in [-0.15, -0.1) is 6.58 Å². The van der Waals surface area contributed by atoms with E-state index < -0.39 is 0 Å². The first kappa shape index (κ1) is 18.1. The van der Waals surface area contributed by atoms with Gasteiger partial charge in [0.15, 0.2) is 5.82 Å². The topological polar surface area (TPSA) is 66.9 Å². The van der Waals surface area contributed by atoms with Gasteiger partial charge in [-0.25, -0.2) is 9.97 Å². The summed E-state index contributed by atoms with van der Waals surface area (Å²) in [6.07, 6.45) is 9.01. The molecular formula is C21H26N4O. The Morgan fingerprint density at radius 1 is 1.12 bits per heavy atom. The van der Waals surface area contributed by atoms with Gasteiger partial charge in [-0.1, -0.05) is 62.1 Å². The number of rotatable bonds is 6. The Morgan fingerprint density at radius 3 is 2.54 bits per heavy atom. The molecule has 5 nitrogen and oxygen atoms in total. The molecule has 2 aromatic rings. The highest BCUT2D eigenvalue weighted by Crippen LogP contribution is 2.23. The lowest BCUT2D eigenvalue weighted by atomic mass is 10.1. The van der Waals surface area contributed by atoms with Gasteiger partial charge < -0.3 is 10.6 Å². The van der Waals surface area contributed by atoms with Gasteiger partial charge in [-0.05, 0) is 12.8 Å². The third kappa shape index (κ3) is 4.91. The van der Waals surface area contributed by atoms with Crippen LogP contribution in [0.4, 0.5) is 5.82 Å². The largest absolute Gasteiger partial charge is 0.367 e. The summed E-state index contributed by atoms with van der Waals surface area (Å²) in [5.74, 6) is 1.07. The Morgan fingerprint density at radius 2 is 1.85 bits per heavy atom. The van der Waals surface area contributed by atoms with Crippen molar-refractivity contribution in [1.82, 2.24) is 15.3 Å². The number of hydrogen-bond donors (Lipinski definition) is 2. The highest BCUT2D eigenvalue weighted by molar-refractivity contribution is 5.93. The van der Waals surface area contributed by atoms with Gasteiger partial charge in [0.25, 0.3) is 5.91 Å². The molecule has 26 heavy (non-hydrogen) atoms. The second kappa shape index (κ2) is 9.13. The van der Waals surface area contributed by atoms with Crippen LogP contribution in [-0.4, -0.2) is 28.5 Å². The van der Waals surface area contributed by atoms with Crippen LogP contribution in [0, 0.1) is 0 Å². The molecule has 1 saturated carbocycles. The second-order valence-electron chi connectivity index (χ2n) is 6.66. The zero-order valence-electron chi connectivity index (χ0n) is 15.1. The van der Waals surface area contributed by atoms with Crippen molar-refractivity contribution >= 4 is 11.7 Å². The average molecular weight is 350 g/mol. The molecule has 1 amide bonds. The molecule has 0 radical (unpaired) electrons. The second-order valence-corrected chi connectivity index (χ2v) is 6.66. The minimum Gasteiger partial charge on any atom is -0.367 e. The van der Waals surface area contributed by atoms with Crippen LogP contribution in [0.3, 0.4) is 0 Å². The van der Waals surface area contributed by atoms with Crippen LogP contribution in [0.15, 0.2) is 49.1 Å². The number of nitrogens with one attached hydrogen (secondary N) is 2. The van der Waals surface area contributed by atoms with Gasteiger partial charge in [-0.3, -0.25) is 4.79 Å². The molecule has 0 aliphatic heterocycles. The summed E-state index contributed by atoms with van der Waals surface area (Å²) in [6.45, 7) is 4.05. The predicted molar refractivity (Wildman–Crippen MR) is 105 cm³/mol. The molecule has 0 atom stereocenters. The molecular weight excluding hydrogens is 324 g/mol. The van der Waals surface area contributed by atoms with Gasteiger partial charge in [0.05, 0.1) is 0 Å². The van der Waals surface area contributed by atoms with E-state index in [1.54, 1.807) is 12.1 Å². The summed E-state index contributed by atoms with van der Waals surface area (Å²) >= 11 is 0. The Kier molecular flexibility index (Phi) is 6.36. The zero-order valence-corrected chi connectivity index (χ0v) is 15.1. The Balaban J connectivity index is 1.89. The summed E-state index contributed by atoms with van der Waals surface area (Å²) in [5, 5.41) is 6.32. The van der Waals surface area contributed by atoms with E-state index in [1.807, 2.05) is 30.3 Å². The summed E-state index contributed by atoms with van der Waals surface area (Å²) in [5.41, 5.74) is 1.27. The monoisotopic (exact) mass is 350 g/mol. The fourth-order valence-corrected chi connectivity index (χ4v) is 3.24. The third-order valence-electron chi connectivity index (χ3n) is 4.60. The molecule has 0 spiro atoms. The fourth-order valence-electron chi connectivity index (χ4n) is 3.24. The molecule has 1 aromatic carbocycles. The third-order valence-corrected chi connectivity index (χ3v) is 4.60. The predicted octanol–water partition coefficient (Wildman–Crippen LogP) is 4.19. The SMILES string of the molecule is C=CCNC(=O)c1cc(NC2CCCCCC2)nc(-c2ccccc2)n1. The summed E-state index contributed by atoms with van der Waals surface area (Å²) in [7, 11) is 0. The maximum atomic E-state index is 12.4. The number of nitrogens with zero attached hydrogens (tertiary/aromatic N) is 2. The van der Waals surface area contributed by atoms with Crippen LogP contribution in [0.25, 0.3) is 11.4 Å². The first-order valence-corrected chi connectivity index (χ1v) is 9.36. The van der Waals surface area contributed by atoms with Gasteiger partial charge in [0, 0.05) is 24.2 Å². The van der Waals surface area contributed by atoms with Crippen molar-refractivity contribution in [2.24, 2.45) is 0 Å². The smallest absolute Gasteiger partial charge is 0.270 e. The lowest BCUT2D eigenvalue weighted by Gasteiger charge is -2.18.